The van der Waals surface area contributed by atoms with Gasteiger partial charge in [-0.3, -0.25) is 0 Å². The quantitative estimate of drug-likeness (QED) is 0.855. The van der Waals surface area contributed by atoms with Crippen LogP contribution < -0.4 is 5.73 Å². The SMILES string of the molecule is CC(C)(N)CS(=O)(=O)Cc1c(F)ccc(Br)c1F. The van der Waals surface area contributed by atoms with E-state index in [0.29, 0.717) is 0 Å². The summed E-state index contributed by atoms with van der Waals surface area (Å²) in [4.78, 5) is 0. The smallest absolute Gasteiger partial charge is 0.156 e. The van der Waals surface area contributed by atoms with Crippen molar-refractivity contribution in [1.82, 2.24) is 0 Å². The zero-order valence-corrected chi connectivity index (χ0v) is 12.4. The van der Waals surface area contributed by atoms with Gasteiger partial charge in [0.05, 0.1) is 16.0 Å². The molecule has 1 aromatic rings. The Morgan fingerprint density at radius 1 is 1.33 bits per heavy atom. The number of halogens is 3. The molecule has 0 aliphatic carbocycles. The fraction of sp³-hybridized carbons (Fsp3) is 0.455. The Bertz CT molecular complexity index is 553. The van der Waals surface area contributed by atoms with E-state index in [1.54, 1.807) is 0 Å². The minimum atomic E-state index is -3.68. The van der Waals surface area contributed by atoms with Gasteiger partial charge in [-0.05, 0) is 41.9 Å². The first-order valence-corrected chi connectivity index (χ1v) is 7.75. The lowest BCUT2D eigenvalue weighted by Gasteiger charge is -2.18. The van der Waals surface area contributed by atoms with E-state index in [9.17, 15) is 17.2 Å². The highest BCUT2D eigenvalue weighted by Gasteiger charge is 2.25. The molecule has 0 bridgehead atoms. The maximum absolute atomic E-state index is 13.6. The van der Waals surface area contributed by atoms with Crippen LogP contribution in [0.4, 0.5) is 8.78 Å². The Balaban J connectivity index is 3.09. The van der Waals surface area contributed by atoms with Crippen molar-refractivity contribution in [2.75, 3.05) is 5.75 Å². The van der Waals surface area contributed by atoms with Gasteiger partial charge in [0.2, 0.25) is 0 Å². The normalized spacial score (nSPS) is 12.8. The van der Waals surface area contributed by atoms with Gasteiger partial charge in [-0.25, -0.2) is 17.2 Å². The van der Waals surface area contributed by atoms with Crippen LogP contribution in [-0.2, 0) is 15.6 Å². The molecular weight excluding hydrogens is 328 g/mol. The number of sulfone groups is 1. The average Bonchev–Trinajstić information content (AvgIpc) is 2.15. The van der Waals surface area contributed by atoms with Crippen LogP contribution in [0.25, 0.3) is 0 Å². The number of rotatable bonds is 4. The van der Waals surface area contributed by atoms with Crippen molar-refractivity contribution in [3.8, 4) is 0 Å². The van der Waals surface area contributed by atoms with Gasteiger partial charge in [-0.2, -0.15) is 0 Å². The van der Waals surface area contributed by atoms with Gasteiger partial charge in [-0.15, -0.1) is 0 Å². The minimum Gasteiger partial charge on any atom is -0.325 e. The van der Waals surface area contributed by atoms with Gasteiger partial charge in [0, 0.05) is 11.1 Å². The van der Waals surface area contributed by atoms with Crippen LogP contribution in [0, 0.1) is 11.6 Å². The maximum Gasteiger partial charge on any atom is 0.156 e. The molecule has 3 nitrogen and oxygen atoms in total. The standard InChI is InChI=1S/C11H14BrF2NO2S/c1-11(2,15)6-18(16,17)5-7-9(13)4-3-8(12)10(7)14/h3-4H,5-6,15H2,1-2H3. The third kappa shape index (κ3) is 4.29. The van der Waals surface area contributed by atoms with E-state index in [-0.39, 0.29) is 10.2 Å². The van der Waals surface area contributed by atoms with E-state index in [2.05, 4.69) is 15.9 Å². The van der Waals surface area contributed by atoms with E-state index in [0.717, 1.165) is 6.07 Å². The molecular formula is C11H14BrF2NO2S. The van der Waals surface area contributed by atoms with Gasteiger partial charge in [0.1, 0.15) is 11.6 Å². The topological polar surface area (TPSA) is 60.2 Å². The third-order valence-electron chi connectivity index (χ3n) is 2.10. The van der Waals surface area contributed by atoms with E-state index in [1.165, 1.54) is 19.9 Å². The van der Waals surface area contributed by atoms with Crippen LogP contribution in [-0.4, -0.2) is 19.7 Å². The number of benzene rings is 1. The monoisotopic (exact) mass is 341 g/mol. The molecule has 0 saturated carbocycles. The summed E-state index contributed by atoms with van der Waals surface area (Å²) in [7, 11) is -3.68. The molecule has 2 N–H and O–H groups in total. The van der Waals surface area contributed by atoms with Gasteiger partial charge >= 0.3 is 0 Å². The first-order chi connectivity index (χ1) is 8.02. The fourth-order valence-electron chi connectivity index (χ4n) is 1.54. The van der Waals surface area contributed by atoms with Crippen LogP contribution in [0.2, 0.25) is 0 Å². The zero-order valence-electron chi connectivity index (χ0n) is 10.0. The molecule has 0 unspecified atom stereocenters. The predicted molar refractivity (Wildman–Crippen MR) is 69.8 cm³/mol. The molecule has 1 rings (SSSR count). The second-order valence-electron chi connectivity index (χ2n) is 4.84. The lowest BCUT2D eigenvalue weighted by Crippen LogP contribution is -2.40. The molecule has 0 fully saturated rings. The Hall–Kier alpha value is -0.530. The van der Waals surface area contributed by atoms with Gasteiger partial charge < -0.3 is 5.73 Å². The molecule has 102 valence electrons. The van der Waals surface area contributed by atoms with Crippen molar-refractivity contribution in [2.24, 2.45) is 5.73 Å². The Morgan fingerprint density at radius 2 is 1.89 bits per heavy atom. The van der Waals surface area contributed by atoms with Crippen molar-refractivity contribution in [3.05, 3.63) is 33.8 Å². The average molecular weight is 342 g/mol. The minimum absolute atomic E-state index is 0.0288. The molecule has 0 aliphatic heterocycles. The second kappa shape index (κ2) is 5.22. The van der Waals surface area contributed by atoms with E-state index < -0.39 is 38.3 Å². The van der Waals surface area contributed by atoms with Crippen molar-refractivity contribution in [3.63, 3.8) is 0 Å². The number of nitrogens with two attached hydrogens (primary N) is 1. The van der Waals surface area contributed by atoms with E-state index in [4.69, 9.17) is 5.73 Å². The molecule has 0 aromatic heterocycles. The molecule has 1 aromatic carbocycles. The summed E-state index contributed by atoms with van der Waals surface area (Å²) >= 11 is 2.89. The Labute approximate surface area is 113 Å². The molecule has 7 heteroatoms. The molecule has 0 atom stereocenters. The van der Waals surface area contributed by atoms with Gasteiger partial charge in [0.25, 0.3) is 0 Å². The maximum atomic E-state index is 13.6. The van der Waals surface area contributed by atoms with Crippen molar-refractivity contribution in [1.29, 1.82) is 0 Å². The van der Waals surface area contributed by atoms with Crippen LogP contribution in [0.1, 0.15) is 19.4 Å². The van der Waals surface area contributed by atoms with Crippen molar-refractivity contribution >= 4 is 25.8 Å². The highest BCUT2D eigenvalue weighted by atomic mass is 79.9. The molecule has 0 spiro atoms. The highest BCUT2D eigenvalue weighted by Crippen LogP contribution is 2.24. The molecule has 0 radical (unpaired) electrons. The van der Waals surface area contributed by atoms with E-state index in [1.807, 2.05) is 0 Å². The second-order valence-corrected chi connectivity index (χ2v) is 7.76. The van der Waals surface area contributed by atoms with Gasteiger partial charge in [-0.1, -0.05) is 0 Å². The third-order valence-corrected chi connectivity index (χ3v) is 4.62. The predicted octanol–water partition coefficient (Wildman–Crippen LogP) is 2.38. The largest absolute Gasteiger partial charge is 0.325 e. The summed E-state index contributed by atoms with van der Waals surface area (Å²) < 4.78 is 50.7. The number of hydrogen-bond acceptors (Lipinski definition) is 3. The molecule has 0 saturated heterocycles. The molecule has 0 aliphatic rings. The van der Waals surface area contributed by atoms with Crippen molar-refractivity contribution < 1.29 is 17.2 Å². The van der Waals surface area contributed by atoms with Crippen molar-refractivity contribution in [2.45, 2.75) is 25.1 Å². The lowest BCUT2D eigenvalue weighted by molar-refractivity contribution is 0.533. The summed E-state index contributed by atoms with van der Waals surface area (Å²) in [6, 6.07) is 2.21. The molecule has 18 heavy (non-hydrogen) atoms. The van der Waals surface area contributed by atoms with Crippen LogP contribution in [0.15, 0.2) is 16.6 Å². The summed E-state index contributed by atoms with van der Waals surface area (Å²) in [5.41, 5.74) is 4.19. The Kier molecular flexibility index (Phi) is 4.51. The summed E-state index contributed by atoms with van der Waals surface area (Å²) in [5.74, 6) is -2.82. The highest BCUT2D eigenvalue weighted by molar-refractivity contribution is 9.10. The molecule has 0 heterocycles. The summed E-state index contributed by atoms with van der Waals surface area (Å²) in [6.07, 6.45) is 0. The van der Waals surface area contributed by atoms with Crippen LogP contribution >= 0.6 is 15.9 Å². The van der Waals surface area contributed by atoms with Gasteiger partial charge in [0.15, 0.2) is 9.84 Å². The lowest BCUT2D eigenvalue weighted by atomic mass is 10.1. The Morgan fingerprint density at radius 3 is 2.39 bits per heavy atom. The van der Waals surface area contributed by atoms with Crippen LogP contribution in [0.3, 0.4) is 0 Å². The summed E-state index contributed by atoms with van der Waals surface area (Å²) in [6.45, 7) is 3.08. The zero-order chi connectivity index (χ0) is 14.1. The summed E-state index contributed by atoms with van der Waals surface area (Å²) in [5, 5.41) is 0. The first-order valence-electron chi connectivity index (χ1n) is 5.13. The number of hydrogen-bond donors (Lipinski definition) is 1. The fourth-order valence-corrected chi connectivity index (χ4v) is 3.85. The molecule has 0 amide bonds. The van der Waals surface area contributed by atoms with E-state index >= 15 is 0 Å². The van der Waals surface area contributed by atoms with Crippen LogP contribution in [0.5, 0.6) is 0 Å². The first kappa shape index (κ1) is 15.5.